The average Bonchev–Trinajstić information content (AvgIpc) is 2.40. The van der Waals surface area contributed by atoms with Crippen LogP contribution in [0, 0.1) is 0 Å². The molecule has 0 heterocycles. The Hall–Kier alpha value is -0.120. The van der Waals surface area contributed by atoms with Crippen LogP contribution in [0.5, 0.6) is 0 Å². The van der Waals surface area contributed by atoms with Gasteiger partial charge in [0, 0.05) is 0 Å². The Morgan fingerprint density at radius 3 is 1.45 bits per heavy atom. The zero-order chi connectivity index (χ0) is 15.2. The molecule has 0 aliphatic rings. The molecule has 0 saturated carbocycles. The number of hydrogen-bond acceptors (Lipinski definition) is 3. The molecule has 20 heavy (non-hydrogen) atoms. The Labute approximate surface area is 128 Å². The summed E-state index contributed by atoms with van der Waals surface area (Å²) in [5.74, 6) is 0. The summed E-state index contributed by atoms with van der Waals surface area (Å²) in [4.78, 5) is 7.25. The fraction of sp³-hybridized carbons (Fsp3) is 1.00. The molecule has 0 bridgehead atoms. The van der Waals surface area contributed by atoms with Gasteiger partial charge in [0.15, 0.2) is 0 Å². The third-order valence-electron chi connectivity index (χ3n) is 3.87. The second kappa shape index (κ2) is 13.8. The highest BCUT2D eigenvalue weighted by molar-refractivity contribution is 4.57. The fourth-order valence-electron chi connectivity index (χ4n) is 2.43. The Morgan fingerprint density at radius 2 is 0.950 bits per heavy atom. The Bertz CT molecular complexity index is 195. The van der Waals surface area contributed by atoms with Crippen LogP contribution in [-0.4, -0.2) is 75.6 Å². The summed E-state index contributed by atoms with van der Waals surface area (Å²) in [7, 11) is 8.84. The fourth-order valence-corrected chi connectivity index (χ4v) is 2.43. The van der Waals surface area contributed by atoms with Crippen molar-refractivity contribution in [3.05, 3.63) is 0 Å². The molecular weight excluding hydrogens is 246 g/mol. The van der Waals surface area contributed by atoms with Gasteiger partial charge in [-0.15, -0.1) is 0 Å². The molecule has 0 spiro atoms. The molecular formula is C17H39N3. The number of rotatable bonds is 14. The van der Waals surface area contributed by atoms with Gasteiger partial charge in [-0.25, -0.2) is 0 Å². The molecule has 0 aromatic carbocycles. The van der Waals surface area contributed by atoms with Crippen molar-refractivity contribution in [2.75, 3.05) is 60.9 Å². The number of nitrogens with zero attached hydrogens (tertiary/aromatic N) is 3. The lowest BCUT2D eigenvalue weighted by molar-refractivity contribution is 0.272. The Balaban J connectivity index is 3.30. The van der Waals surface area contributed by atoms with Crippen LogP contribution >= 0.6 is 0 Å². The second-order valence-corrected chi connectivity index (χ2v) is 6.53. The lowest BCUT2D eigenvalue weighted by Crippen LogP contribution is -2.27. The van der Waals surface area contributed by atoms with Crippen LogP contribution in [0.3, 0.4) is 0 Å². The highest BCUT2D eigenvalue weighted by atomic mass is 15.1. The van der Waals surface area contributed by atoms with E-state index in [9.17, 15) is 0 Å². The van der Waals surface area contributed by atoms with E-state index >= 15 is 0 Å². The molecule has 0 radical (unpaired) electrons. The maximum Gasteiger partial charge on any atom is -0.000960 e. The molecule has 3 nitrogen and oxygen atoms in total. The lowest BCUT2D eigenvalue weighted by Gasteiger charge is -2.20. The first-order valence-electron chi connectivity index (χ1n) is 8.58. The van der Waals surface area contributed by atoms with Crippen molar-refractivity contribution < 1.29 is 0 Å². The van der Waals surface area contributed by atoms with Crippen molar-refractivity contribution in [2.24, 2.45) is 0 Å². The van der Waals surface area contributed by atoms with Gasteiger partial charge in [-0.2, -0.15) is 0 Å². The predicted molar refractivity (Wildman–Crippen MR) is 91.5 cm³/mol. The van der Waals surface area contributed by atoms with Gasteiger partial charge in [0.25, 0.3) is 0 Å². The smallest absolute Gasteiger partial charge is 0.000960 e. The van der Waals surface area contributed by atoms with Crippen LogP contribution in [0.15, 0.2) is 0 Å². The second-order valence-electron chi connectivity index (χ2n) is 6.53. The van der Waals surface area contributed by atoms with Crippen molar-refractivity contribution in [1.82, 2.24) is 14.7 Å². The molecule has 0 atom stereocenters. The van der Waals surface area contributed by atoms with Crippen LogP contribution in [0.4, 0.5) is 0 Å². The Kier molecular flexibility index (Phi) is 13.8. The van der Waals surface area contributed by atoms with E-state index in [1.54, 1.807) is 0 Å². The zero-order valence-electron chi connectivity index (χ0n) is 14.8. The average molecular weight is 286 g/mol. The van der Waals surface area contributed by atoms with E-state index in [2.05, 4.69) is 49.8 Å². The summed E-state index contributed by atoms with van der Waals surface area (Å²) in [5.41, 5.74) is 0. The quantitative estimate of drug-likeness (QED) is 0.454. The molecule has 0 rings (SSSR count). The summed E-state index contributed by atoms with van der Waals surface area (Å²) in [6, 6.07) is 0. The standard InChI is InChI=1S/C17H39N3/c1-6-7-14-19(4)16-12-17-20(5)15-11-9-8-10-13-18(2)3/h6-17H2,1-5H3. The first-order chi connectivity index (χ1) is 9.56. The third-order valence-corrected chi connectivity index (χ3v) is 3.87. The number of unbranched alkanes of at least 4 members (excludes halogenated alkanes) is 4. The van der Waals surface area contributed by atoms with Crippen LogP contribution in [0.25, 0.3) is 0 Å². The van der Waals surface area contributed by atoms with Gasteiger partial charge < -0.3 is 14.7 Å². The van der Waals surface area contributed by atoms with E-state index in [1.165, 1.54) is 77.7 Å². The molecule has 122 valence electrons. The minimum atomic E-state index is 1.24. The monoisotopic (exact) mass is 285 g/mol. The molecule has 0 aliphatic heterocycles. The molecule has 0 saturated heterocycles. The van der Waals surface area contributed by atoms with Gasteiger partial charge in [-0.3, -0.25) is 0 Å². The van der Waals surface area contributed by atoms with Crippen LogP contribution in [0.1, 0.15) is 51.9 Å². The highest BCUT2D eigenvalue weighted by Gasteiger charge is 2.01. The van der Waals surface area contributed by atoms with E-state index in [0.717, 1.165) is 0 Å². The van der Waals surface area contributed by atoms with Crippen molar-refractivity contribution in [2.45, 2.75) is 51.9 Å². The molecule has 3 heteroatoms. The van der Waals surface area contributed by atoms with Gasteiger partial charge in [0.05, 0.1) is 0 Å². The highest BCUT2D eigenvalue weighted by Crippen LogP contribution is 2.02. The number of hydrogen-bond donors (Lipinski definition) is 0. The van der Waals surface area contributed by atoms with Crippen molar-refractivity contribution in [1.29, 1.82) is 0 Å². The van der Waals surface area contributed by atoms with Gasteiger partial charge >= 0.3 is 0 Å². The maximum absolute atomic E-state index is 2.50. The normalized spacial score (nSPS) is 12.0. The van der Waals surface area contributed by atoms with Gasteiger partial charge in [-0.1, -0.05) is 26.2 Å². The Morgan fingerprint density at radius 1 is 0.500 bits per heavy atom. The van der Waals surface area contributed by atoms with Gasteiger partial charge in [0.1, 0.15) is 0 Å². The zero-order valence-corrected chi connectivity index (χ0v) is 14.8. The first kappa shape index (κ1) is 19.9. The SMILES string of the molecule is CCCCN(C)CCCN(C)CCCCCCN(C)C. The molecule has 0 unspecified atom stereocenters. The predicted octanol–water partition coefficient (Wildman–Crippen LogP) is 3.16. The van der Waals surface area contributed by atoms with E-state index < -0.39 is 0 Å². The molecule has 0 aromatic rings. The van der Waals surface area contributed by atoms with Crippen LogP contribution in [-0.2, 0) is 0 Å². The first-order valence-corrected chi connectivity index (χ1v) is 8.58. The maximum atomic E-state index is 2.50. The van der Waals surface area contributed by atoms with Crippen molar-refractivity contribution in [3.63, 3.8) is 0 Å². The summed E-state index contributed by atoms with van der Waals surface area (Å²) in [5, 5.41) is 0. The molecule has 0 aliphatic carbocycles. The lowest BCUT2D eigenvalue weighted by atomic mass is 10.2. The molecule has 0 aromatic heterocycles. The summed E-state index contributed by atoms with van der Waals surface area (Å²) in [6.45, 7) is 8.51. The topological polar surface area (TPSA) is 9.72 Å². The van der Waals surface area contributed by atoms with E-state index in [4.69, 9.17) is 0 Å². The molecule has 0 fully saturated rings. The van der Waals surface area contributed by atoms with E-state index in [0.29, 0.717) is 0 Å². The van der Waals surface area contributed by atoms with Crippen LogP contribution < -0.4 is 0 Å². The molecule has 0 N–H and O–H groups in total. The minimum absolute atomic E-state index is 1.24. The van der Waals surface area contributed by atoms with Gasteiger partial charge in [0.2, 0.25) is 0 Å². The minimum Gasteiger partial charge on any atom is -0.309 e. The summed E-state index contributed by atoms with van der Waals surface area (Å²) < 4.78 is 0. The van der Waals surface area contributed by atoms with Crippen molar-refractivity contribution in [3.8, 4) is 0 Å². The molecule has 0 amide bonds. The third kappa shape index (κ3) is 14.3. The summed E-state index contributed by atoms with van der Waals surface area (Å²) >= 11 is 0. The summed E-state index contributed by atoms with van der Waals surface area (Å²) in [6.07, 6.45) is 9.41. The van der Waals surface area contributed by atoms with Crippen molar-refractivity contribution >= 4 is 0 Å². The van der Waals surface area contributed by atoms with Gasteiger partial charge in [-0.05, 0) is 86.6 Å². The van der Waals surface area contributed by atoms with E-state index in [1.807, 2.05) is 0 Å². The van der Waals surface area contributed by atoms with Crippen LogP contribution in [0.2, 0.25) is 0 Å². The largest absolute Gasteiger partial charge is 0.309 e. The van der Waals surface area contributed by atoms with E-state index in [-0.39, 0.29) is 0 Å².